The van der Waals surface area contributed by atoms with Crippen molar-refractivity contribution in [3.63, 3.8) is 0 Å². The Bertz CT molecular complexity index is 357. The first-order chi connectivity index (χ1) is 7.67. The molecule has 0 heterocycles. The van der Waals surface area contributed by atoms with Crippen LogP contribution >= 0.6 is 11.6 Å². The van der Waals surface area contributed by atoms with E-state index in [1.165, 1.54) is 12.8 Å². The first-order valence-corrected chi connectivity index (χ1v) is 5.93. The highest BCUT2D eigenvalue weighted by molar-refractivity contribution is 6.33. The molecule has 88 valence electrons. The zero-order valence-electron chi connectivity index (χ0n) is 9.17. The normalized spacial score (nSPS) is 17.1. The molecular weight excluding hydrogens is 224 g/mol. The van der Waals surface area contributed by atoms with Crippen LogP contribution in [0, 0.1) is 5.41 Å². The third-order valence-electron chi connectivity index (χ3n) is 3.29. The predicted molar refractivity (Wildman–Crippen MR) is 67.7 cm³/mol. The molecule has 0 amide bonds. The number of para-hydroxylation sites is 1. The van der Waals surface area contributed by atoms with E-state index in [2.05, 4.69) is 5.32 Å². The van der Waals surface area contributed by atoms with E-state index in [0.29, 0.717) is 10.7 Å². The molecular formula is C12H17ClN2O. The van der Waals surface area contributed by atoms with E-state index < -0.39 is 0 Å². The number of aliphatic hydroxyl groups excluding tert-OH is 1. The summed E-state index contributed by atoms with van der Waals surface area (Å²) in [5.74, 6) is 0. The Kier molecular flexibility index (Phi) is 3.26. The fourth-order valence-corrected chi connectivity index (χ4v) is 2.18. The van der Waals surface area contributed by atoms with Gasteiger partial charge in [0.25, 0.3) is 0 Å². The van der Waals surface area contributed by atoms with E-state index in [1.807, 2.05) is 18.2 Å². The second-order valence-electron chi connectivity index (χ2n) is 4.53. The van der Waals surface area contributed by atoms with Gasteiger partial charge in [-0.2, -0.15) is 0 Å². The van der Waals surface area contributed by atoms with E-state index >= 15 is 0 Å². The lowest BCUT2D eigenvalue weighted by Gasteiger charge is -2.17. The molecule has 0 spiro atoms. The lowest BCUT2D eigenvalue weighted by atomic mass is 10.0. The van der Waals surface area contributed by atoms with Crippen molar-refractivity contribution in [2.75, 3.05) is 24.2 Å². The van der Waals surface area contributed by atoms with Gasteiger partial charge in [-0.15, -0.1) is 0 Å². The van der Waals surface area contributed by atoms with Crippen molar-refractivity contribution in [1.29, 1.82) is 0 Å². The molecule has 2 rings (SSSR count). The highest BCUT2D eigenvalue weighted by atomic mass is 35.5. The first kappa shape index (κ1) is 11.6. The number of nitrogens with one attached hydrogen (secondary N) is 1. The number of aliphatic hydroxyl groups is 1. The lowest BCUT2D eigenvalue weighted by Crippen LogP contribution is -2.17. The number of nitrogens with two attached hydrogens (primary N) is 1. The van der Waals surface area contributed by atoms with Gasteiger partial charge in [-0.05, 0) is 36.8 Å². The summed E-state index contributed by atoms with van der Waals surface area (Å²) in [6.45, 7) is 1.08. The molecule has 0 aromatic heterocycles. The molecule has 0 radical (unpaired) electrons. The maximum atomic E-state index is 8.97. The SMILES string of the molecule is Nc1cccc(Cl)c1NCC1(CCO)CC1. The summed E-state index contributed by atoms with van der Waals surface area (Å²) in [7, 11) is 0. The average Bonchev–Trinajstić information content (AvgIpc) is 2.98. The summed E-state index contributed by atoms with van der Waals surface area (Å²) in [4.78, 5) is 0. The number of benzene rings is 1. The lowest BCUT2D eigenvalue weighted by molar-refractivity contribution is 0.253. The fourth-order valence-electron chi connectivity index (χ4n) is 1.93. The molecule has 1 aromatic carbocycles. The maximum absolute atomic E-state index is 8.97. The standard InChI is InChI=1S/C12H17ClN2O/c13-9-2-1-3-10(14)11(9)15-8-12(4-5-12)6-7-16/h1-3,15-16H,4-8,14H2. The van der Waals surface area contributed by atoms with Crippen LogP contribution in [0.15, 0.2) is 18.2 Å². The zero-order chi connectivity index (χ0) is 11.6. The summed E-state index contributed by atoms with van der Waals surface area (Å²) in [5, 5.41) is 12.9. The van der Waals surface area contributed by atoms with E-state index in [-0.39, 0.29) is 12.0 Å². The minimum absolute atomic E-state index is 0.250. The Morgan fingerprint density at radius 2 is 2.19 bits per heavy atom. The minimum Gasteiger partial charge on any atom is -0.397 e. The zero-order valence-corrected chi connectivity index (χ0v) is 9.93. The number of hydrogen-bond acceptors (Lipinski definition) is 3. The molecule has 4 N–H and O–H groups in total. The third kappa shape index (κ3) is 2.42. The second-order valence-corrected chi connectivity index (χ2v) is 4.94. The smallest absolute Gasteiger partial charge is 0.0763 e. The highest BCUT2D eigenvalue weighted by Crippen LogP contribution is 2.48. The summed E-state index contributed by atoms with van der Waals surface area (Å²) in [5.41, 5.74) is 7.60. The van der Waals surface area contributed by atoms with Crippen LogP contribution < -0.4 is 11.1 Å². The van der Waals surface area contributed by atoms with Gasteiger partial charge < -0.3 is 16.2 Å². The largest absolute Gasteiger partial charge is 0.397 e. The topological polar surface area (TPSA) is 58.3 Å². The number of halogens is 1. The maximum Gasteiger partial charge on any atom is 0.0763 e. The summed E-state index contributed by atoms with van der Waals surface area (Å²) in [6, 6.07) is 5.50. The van der Waals surface area contributed by atoms with E-state index in [4.69, 9.17) is 22.4 Å². The van der Waals surface area contributed by atoms with Gasteiger partial charge in [0.1, 0.15) is 0 Å². The van der Waals surface area contributed by atoms with Gasteiger partial charge in [0.05, 0.1) is 16.4 Å². The van der Waals surface area contributed by atoms with Gasteiger partial charge in [0.15, 0.2) is 0 Å². The molecule has 0 bridgehead atoms. The molecule has 16 heavy (non-hydrogen) atoms. The van der Waals surface area contributed by atoms with Crippen LogP contribution in [-0.2, 0) is 0 Å². The van der Waals surface area contributed by atoms with Crippen molar-refractivity contribution in [3.8, 4) is 0 Å². The van der Waals surface area contributed by atoms with Gasteiger partial charge in [0, 0.05) is 13.2 Å². The summed E-state index contributed by atoms with van der Waals surface area (Å²) >= 11 is 6.06. The van der Waals surface area contributed by atoms with Crippen molar-refractivity contribution in [2.45, 2.75) is 19.3 Å². The Balaban J connectivity index is 2.00. The summed E-state index contributed by atoms with van der Waals surface area (Å²) < 4.78 is 0. The Morgan fingerprint density at radius 1 is 1.44 bits per heavy atom. The Hall–Kier alpha value is -0.930. The molecule has 0 unspecified atom stereocenters. The second kappa shape index (κ2) is 4.52. The predicted octanol–water partition coefficient (Wildman–Crippen LogP) is 2.50. The third-order valence-corrected chi connectivity index (χ3v) is 3.60. The van der Waals surface area contributed by atoms with Gasteiger partial charge in [-0.3, -0.25) is 0 Å². The number of nitrogen functional groups attached to an aromatic ring is 1. The molecule has 1 saturated carbocycles. The van der Waals surface area contributed by atoms with Gasteiger partial charge in [-0.25, -0.2) is 0 Å². The quantitative estimate of drug-likeness (QED) is 0.693. The first-order valence-electron chi connectivity index (χ1n) is 5.56. The number of anilines is 2. The molecule has 1 aliphatic rings. The summed E-state index contributed by atoms with van der Waals surface area (Å²) in [6.07, 6.45) is 3.19. The van der Waals surface area contributed by atoms with Crippen LogP contribution in [0.3, 0.4) is 0 Å². The molecule has 0 saturated heterocycles. The van der Waals surface area contributed by atoms with Crippen LogP contribution in [0.4, 0.5) is 11.4 Å². The molecule has 3 nitrogen and oxygen atoms in total. The number of rotatable bonds is 5. The van der Waals surface area contributed by atoms with E-state index in [9.17, 15) is 0 Å². The van der Waals surface area contributed by atoms with Gasteiger partial charge in [0.2, 0.25) is 0 Å². The average molecular weight is 241 g/mol. The Labute approximate surface area is 101 Å². The molecule has 1 fully saturated rings. The van der Waals surface area contributed by atoms with Crippen LogP contribution in [0.25, 0.3) is 0 Å². The van der Waals surface area contributed by atoms with Crippen molar-refractivity contribution in [2.24, 2.45) is 5.41 Å². The van der Waals surface area contributed by atoms with E-state index in [1.54, 1.807) is 0 Å². The van der Waals surface area contributed by atoms with Crippen LogP contribution in [-0.4, -0.2) is 18.3 Å². The molecule has 1 aromatic rings. The minimum atomic E-state index is 0.250. The van der Waals surface area contributed by atoms with Crippen molar-refractivity contribution in [1.82, 2.24) is 0 Å². The van der Waals surface area contributed by atoms with Crippen LogP contribution in [0.1, 0.15) is 19.3 Å². The molecule has 0 aliphatic heterocycles. The van der Waals surface area contributed by atoms with Crippen molar-refractivity contribution >= 4 is 23.0 Å². The van der Waals surface area contributed by atoms with Crippen molar-refractivity contribution < 1.29 is 5.11 Å². The van der Waals surface area contributed by atoms with Gasteiger partial charge in [-0.1, -0.05) is 17.7 Å². The van der Waals surface area contributed by atoms with Crippen molar-refractivity contribution in [3.05, 3.63) is 23.2 Å². The molecule has 0 atom stereocenters. The monoisotopic (exact) mass is 240 g/mol. The van der Waals surface area contributed by atoms with E-state index in [0.717, 1.165) is 18.7 Å². The molecule has 4 heteroatoms. The van der Waals surface area contributed by atoms with Gasteiger partial charge >= 0.3 is 0 Å². The molecule has 1 aliphatic carbocycles. The fraction of sp³-hybridized carbons (Fsp3) is 0.500. The van der Waals surface area contributed by atoms with Crippen LogP contribution in [0.5, 0.6) is 0 Å². The Morgan fingerprint density at radius 3 is 2.75 bits per heavy atom. The highest BCUT2D eigenvalue weighted by Gasteiger charge is 2.41. The van der Waals surface area contributed by atoms with Crippen LogP contribution in [0.2, 0.25) is 5.02 Å². The number of hydrogen-bond donors (Lipinski definition) is 3.